The molecule has 1 aromatic carbocycles. The van der Waals surface area contributed by atoms with Crippen LogP contribution in [0.4, 0.5) is 11.5 Å². The highest BCUT2D eigenvalue weighted by Crippen LogP contribution is 2.26. The first-order chi connectivity index (χ1) is 11.3. The second kappa shape index (κ2) is 6.30. The van der Waals surface area contributed by atoms with Gasteiger partial charge in [-0.25, -0.2) is 4.98 Å². The molecule has 0 unspecified atom stereocenters. The number of likely N-dealkylation sites (tertiary alicyclic amines) is 1. The van der Waals surface area contributed by atoms with Crippen LogP contribution in [0.2, 0.25) is 0 Å². The molecule has 4 heteroatoms. The van der Waals surface area contributed by atoms with Crippen LogP contribution in [0.25, 0.3) is 10.2 Å². The lowest BCUT2D eigenvalue weighted by Gasteiger charge is -2.14. The van der Waals surface area contributed by atoms with E-state index in [2.05, 4.69) is 53.5 Å². The van der Waals surface area contributed by atoms with Gasteiger partial charge < -0.3 is 5.32 Å². The number of hydrogen-bond donors (Lipinski definition) is 1. The zero-order valence-electron chi connectivity index (χ0n) is 13.4. The molecule has 118 valence electrons. The minimum absolute atomic E-state index is 0.909. The fraction of sp³-hybridized carbons (Fsp3) is 0.316. The predicted molar refractivity (Wildman–Crippen MR) is 98.6 cm³/mol. The summed E-state index contributed by atoms with van der Waals surface area (Å²) < 4.78 is 0. The van der Waals surface area contributed by atoms with Crippen molar-refractivity contribution in [3.8, 4) is 0 Å². The maximum absolute atomic E-state index is 4.70. The lowest BCUT2D eigenvalue weighted by molar-refractivity contribution is 0.331. The molecule has 3 aromatic rings. The van der Waals surface area contributed by atoms with Crippen molar-refractivity contribution in [3.63, 3.8) is 0 Å². The van der Waals surface area contributed by atoms with Gasteiger partial charge in [-0.05, 0) is 68.8 Å². The number of pyridine rings is 1. The van der Waals surface area contributed by atoms with Gasteiger partial charge in [0.15, 0.2) is 0 Å². The zero-order chi connectivity index (χ0) is 15.6. The molecule has 0 bridgehead atoms. The summed E-state index contributed by atoms with van der Waals surface area (Å²) in [5, 5.41) is 4.63. The topological polar surface area (TPSA) is 28.2 Å². The molecule has 2 aromatic heterocycles. The summed E-state index contributed by atoms with van der Waals surface area (Å²) in [5.41, 5.74) is 2.48. The molecule has 1 N–H and O–H groups in total. The fourth-order valence-corrected chi connectivity index (χ4v) is 4.03. The van der Waals surface area contributed by atoms with Crippen molar-refractivity contribution in [2.75, 3.05) is 18.4 Å². The van der Waals surface area contributed by atoms with E-state index in [9.17, 15) is 0 Å². The first-order valence-corrected chi connectivity index (χ1v) is 9.03. The number of hydrogen-bond acceptors (Lipinski definition) is 4. The summed E-state index contributed by atoms with van der Waals surface area (Å²) in [4.78, 5) is 9.62. The maximum Gasteiger partial charge on any atom is 0.132 e. The van der Waals surface area contributed by atoms with Crippen LogP contribution in [0.15, 0.2) is 42.5 Å². The summed E-state index contributed by atoms with van der Waals surface area (Å²) in [5.74, 6) is 0.909. The number of thiophene rings is 1. The third-order valence-corrected chi connectivity index (χ3v) is 5.30. The number of anilines is 2. The fourth-order valence-electron chi connectivity index (χ4n) is 3.15. The Morgan fingerprint density at radius 2 is 1.87 bits per heavy atom. The second-order valence-electron chi connectivity index (χ2n) is 6.25. The van der Waals surface area contributed by atoms with Crippen molar-refractivity contribution in [3.05, 3.63) is 52.9 Å². The van der Waals surface area contributed by atoms with E-state index in [0.29, 0.717) is 0 Å². The summed E-state index contributed by atoms with van der Waals surface area (Å²) in [7, 11) is 0. The molecule has 1 fully saturated rings. The predicted octanol–water partition coefficient (Wildman–Crippen LogP) is 4.94. The summed E-state index contributed by atoms with van der Waals surface area (Å²) in [6.45, 7) is 5.67. The van der Waals surface area contributed by atoms with Crippen LogP contribution in [0.1, 0.15) is 23.3 Å². The maximum atomic E-state index is 4.70. The molecule has 23 heavy (non-hydrogen) atoms. The number of nitrogens with zero attached hydrogens (tertiary/aromatic N) is 2. The average molecular weight is 323 g/mol. The van der Waals surface area contributed by atoms with Crippen molar-refractivity contribution in [1.82, 2.24) is 9.88 Å². The Balaban J connectivity index is 1.46. The molecule has 0 aliphatic carbocycles. The average Bonchev–Trinajstić information content (AvgIpc) is 3.17. The van der Waals surface area contributed by atoms with Crippen LogP contribution in [0.3, 0.4) is 0 Å². The Hall–Kier alpha value is -1.91. The van der Waals surface area contributed by atoms with Gasteiger partial charge in [0.2, 0.25) is 0 Å². The molecule has 1 aliphatic heterocycles. The van der Waals surface area contributed by atoms with Gasteiger partial charge in [0.1, 0.15) is 10.6 Å². The SMILES string of the molecule is Cc1cc2ccc(Nc3ccc(CN4CCCC4)cc3)nc2s1. The van der Waals surface area contributed by atoms with Crippen molar-refractivity contribution in [1.29, 1.82) is 0 Å². The van der Waals surface area contributed by atoms with Crippen LogP contribution in [-0.4, -0.2) is 23.0 Å². The van der Waals surface area contributed by atoms with Crippen LogP contribution >= 0.6 is 11.3 Å². The molecule has 1 saturated heterocycles. The molecule has 0 spiro atoms. The van der Waals surface area contributed by atoms with Gasteiger partial charge in [0.05, 0.1) is 0 Å². The van der Waals surface area contributed by atoms with E-state index >= 15 is 0 Å². The van der Waals surface area contributed by atoms with Gasteiger partial charge in [-0.1, -0.05) is 12.1 Å². The summed E-state index contributed by atoms with van der Waals surface area (Å²) >= 11 is 1.74. The van der Waals surface area contributed by atoms with Gasteiger partial charge >= 0.3 is 0 Å². The minimum atomic E-state index is 0.909. The van der Waals surface area contributed by atoms with Gasteiger partial charge in [-0.15, -0.1) is 11.3 Å². The first kappa shape index (κ1) is 14.7. The lowest BCUT2D eigenvalue weighted by atomic mass is 10.2. The summed E-state index contributed by atoms with van der Waals surface area (Å²) in [6, 6.07) is 15.1. The van der Waals surface area contributed by atoms with Gasteiger partial charge in [0, 0.05) is 22.5 Å². The number of aryl methyl sites for hydroxylation is 1. The smallest absolute Gasteiger partial charge is 0.132 e. The monoisotopic (exact) mass is 323 g/mol. The molecule has 4 rings (SSSR count). The molecule has 3 heterocycles. The molecule has 0 radical (unpaired) electrons. The molecular formula is C19H21N3S. The van der Waals surface area contributed by atoms with Crippen LogP contribution in [0, 0.1) is 6.92 Å². The minimum Gasteiger partial charge on any atom is -0.340 e. The highest BCUT2D eigenvalue weighted by atomic mass is 32.1. The van der Waals surface area contributed by atoms with E-state index < -0.39 is 0 Å². The van der Waals surface area contributed by atoms with E-state index in [-0.39, 0.29) is 0 Å². The Labute approximate surface area is 141 Å². The van der Waals surface area contributed by atoms with Crippen LogP contribution < -0.4 is 5.32 Å². The van der Waals surface area contributed by atoms with E-state index in [1.807, 2.05) is 6.07 Å². The van der Waals surface area contributed by atoms with Gasteiger partial charge in [0.25, 0.3) is 0 Å². The Morgan fingerprint density at radius 3 is 2.65 bits per heavy atom. The quantitative estimate of drug-likeness (QED) is 0.737. The third-order valence-electron chi connectivity index (χ3n) is 4.34. The van der Waals surface area contributed by atoms with Crippen molar-refractivity contribution < 1.29 is 0 Å². The second-order valence-corrected chi connectivity index (χ2v) is 7.49. The first-order valence-electron chi connectivity index (χ1n) is 8.22. The molecular weight excluding hydrogens is 302 g/mol. The lowest BCUT2D eigenvalue weighted by Crippen LogP contribution is -2.18. The van der Waals surface area contributed by atoms with Gasteiger partial charge in [-0.2, -0.15) is 0 Å². The highest BCUT2D eigenvalue weighted by molar-refractivity contribution is 7.18. The molecule has 0 saturated carbocycles. The van der Waals surface area contributed by atoms with E-state index in [0.717, 1.165) is 22.9 Å². The molecule has 3 nitrogen and oxygen atoms in total. The van der Waals surface area contributed by atoms with E-state index in [1.165, 1.54) is 41.8 Å². The molecule has 0 atom stereocenters. The Bertz CT molecular complexity index is 801. The van der Waals surface area contributed by atoms with Gasteiger partial charge in [-0.3, -0.25) is 4.90 Å². The largest absolute Gasteiger partial charge is 0.340 e. The Morgan fingerprint density at radius 1 is 1.09 bits per heavy atom. The summed E-state index contributed by atoms with van der Waals surface area (Å²) in [6.07, 6.45) is 2.69. The van der Waals surface area contributed by atoms with Crippen LogP contribution in [-0.2, 0) is 6.54 Å². The standard InChI is InChI=1S/C19H21N3S/c1-14-12-16-6-9-18(21-19(16)23-14)20-17-7-4-15(5-8-17)13-22-10-2-3-11-22/h4-9,12H,2-3,10-11,13H2,1H3,(H,20,21). The van der Waals surface area contributed by atoms with Crippen LogP contribution in [0.5, 0.6) is 0 Å². The molecule has 1 aliphatic rings. The van der Waals surface area contributed by atoms with E-state index in [4.69, 9.17) is 4.98 Å². The highest BCUT2D eigenvalue weighted by Gasteiger charge is 2.11. The zero-order valence-corrected chi connectivity index (χ0v) is 14.2. The number of fused-ring (bicyclic) bond motifs is 1. The molecule has 0 amide bonds. The van der Waals surface area contributed by atoms with Crippen molar-refractivity contribution >= 4 is 33.1 Å². The Kier molecular flexibility index (Phi) is 4.02. The number of rotatable bonds is 4. The third kappa shape index (κ3) is 3.38. The van der Waals surface area contributed by atoms with Crippen molar-refractivity contribution in [2.24, 2.45) is 0 Å². The van der Waals surface area contributed by atoms with Crippen molar-refractivity contribution in [2.45, 2.75) is 26.3 Å². The number of benzene rings is 1. The number of aromatic nitrogens is 1. The normalized spacial score (nSPS) is 15.3. The van der Waals surface area contributed by atoms with E-state index in [1.54, 1.807) is 11.3 Å². The number of nitrogens with one attached hydrogen (secondary N) is 1.